The molecule has 65 heavy (non-hydrogen) atoms. The molecular formula is C61H46N4. The summed E-state index contributed by atoms with van der Waals surface area (Å²) in [4.78, 5) is 10.9. The maximum Gasteiger partial charge on any atom is 0.235 e. The minimum atomic E-state index is -0.0807. The summed E-state index contributed by atoms with van der Waals surface area (Å²) in [7, 11) is 0. The van der Waals surface area contributed by atoms with E-state index >= 15 is 0 Å². The second kappa shape index (κ2) is 15.0. The van der Waals surface area contributed by atoms with Crippen molar-refractivity contribution in [2.75, 3.05) is 0 Å². The first-order valence-electron chi connectivity index (χ1n) is 22.8. The summed E-state index contributed by atoms with van der Waals surface area (Å²) in [6.07, 6.45) is 0. The number of benzene rings is 9. The molecule has 4 heteroatoms. The molecule has 0 N–H and O–H groups in total. The van der Waals surface area contributed by atoms with Crippen LogP contribution in [0.25, 0.3) is 111 Å². The van der Waals surface area contributed by atoms with Crippen LogP contribution < -0.4 is 0 Å². The average Bonchev–Trinajstić information content (AvgIpc) is 3.97. The number of aromatic nitrogens is 4. The SMILES string of the molecule is CC.CC1(C)c2ccccc2-c2c(-c3cccc(-c4cccc5c6cc(-n7c8ccccc8c8ccccc87)ccc6n(-c6nc(-c7ccccc7)c7ccccc7n6)c45)c3)cccc21. The van der Waals surface area contributed by atoms with Crippen LogP contribution in [-0.2, 0) is 5.41 Å². The molecule has 9 aromatic carbocycles. The Hall–Kier alpha value is -8.08. The third-order valence-electron chi connectivity index (χ3n) is 13.5. The molecule has 12 aromatic rings. The van der Waals surface area contributed by atoms with Crippen LogP contribution in [0.3, 0.4) is 0 Å². The van der Waals surface area contributed by atoms with Crippen molar-refractivity contribution in [2.45, 2.75) is 33.1 Å². The van der Waals surface area contributed by atoms with Gasteiger partial charge in [0.25, 0.3) is 0 Å². The van der Waals surface area contributed by atoms with Crippen LogP contribution in [0, 0.1) is 0 Å². The molecule has 0 spiro atoms. The smallest absolute Gasteiger partial charge is 0.235 e. The lowest BCUT2D eigenvalue weighted by Gasteiger charge is -2.21. The molecule has 3 heterocycles. The second-order valence-corrected chi connectivity index (χ2v) is 17.3. The lowest BCUT2D eigenvalue weighted by molar-refractivity contribution is 0.660. The average molecular weight is 835 g/mol. The molecule has 0 unspecified atom stereocenters. The second-order valence-electron chi connectivity index (χ2n) is 17.3. The summed E-state index contributed by atoms with van der Waals surface area (Å²) in [5.41, 5.74) is 18.5. The molecule has 0 fully saturated rings. The Kier molecular flexibility index (Phi) is 8.92. The fraction of sp³-hybridized carbons (Fsp3) is 0.0820. The lowest BCUT2D eigenvalue weighted by atomic mass is 9.82. The minimum absolute atomic E-state index is 0.0807. The lowest BCUT2D eigenvalue weighted by Crippen LogP contribution is -2.14. The molecule has 1 aliphatic rings. The van der Waals surface area contributed by atoms with Crippen molar-refractivity contribution in [1.82, 2.24) is 19.1 Å². The van der Waals surface area contributed by atoms with E-state index in [-0.39, 0.29) is 5.41 Å². The molecule has 0 aliphatic heterocycles. The monoisotopic (exact) mass is 834 g/mol. The predicted octanol–water partition coefficient (Wildman–Crippen LogP) is 16.2. The number of hydrogen-bond acceptors (Lipinski definition) is 2. The van der Waals surface area contributed by atoms with E-state index in [9.17, 15) is 0 Å². The van der Waals surface area contributed by atoms with Crippen LogP contribution in [0.15, 0.2) is 206 Å². The number of nitrogens with zero attached hydrogens (tertiary/aromatic N) is 4. The quantitative estimate of drug-likeness (QED) is 0.173. The minimum Gasteiger partial charge on any atom is -0.309 e. The number of hydrogen-bond donors (Lipinski definition) is 0. The standard InChI is InChI=1S/C59H40N4.C2H6/c1-59(2)49-28-10-6-23-46(49)55-41(25-16-29-50(55)59)38-19-14-20-39(35-38)42-26-15-27-45-48-36-40(62-52-31-12-8-21-43(52)44-22-9-13-32-53(44)62)33-34-54(48)63(57(42)45)58-60-51-30-11-7-24-47(51)56(61-58)37-17-4-3-5-18-37;1-2/h3-36H,1-2H3;1-2H3. The molecule has 310 valence electrons. The zero-order valence-electron chi connectivity index (χ0n) is 36.9. The zero-order chi connectivity index (χ0) is 43.8. The maximum absolute atomic E-state index is 5.49. The van der Waals surface area contributed by atoms with Gasteiger partial charge in [-0.25, -0.2) is 9.97 Å². The van der Waals surface area contributed by atoms with E-state index in [0.717, 1.165) is 60.8 Å². The highest BCUT2D eigenvalue weighted by Crippen LogP contribution is 2.52. The van der Waals surface area contributed by atoms with Gasteiger partial charge in [0.05, 0.1) is 33.3 Å². The van der Waals surface area contributed by atoms with E-state index in [1.54, 1.807) is 0 Å². The fourth-order valence-electron chi connectivity index (χ4n) is 10.7. The van der Waals surface area contributed by atoms with Gasteiger partial charge in [-0.1, -0.05) is 191 Å². The predicted molar refractivity (Wildman–Crippen MR) is 273 cm³/mol. The Morgan fingerprint density at radius 1 is 0.385 bits per heavy atom. The van der Waals surface area contributed by atoms with E-state index in [0.29, 0.717) is 5.95 Å². The summed E-state index contributed by atoms with van der Waals surface area (Å²) in [6.45, 7) is 8.70. The molecule has 0 radical (unpaired) electrons. The third-order valence-corrected chi connectivity index (χ3v) is 13.5. The van der Waals surface area contributed by atoms with Gasteiger partial charge in [0.2, 0.25) is 5.95 Å². The largest absolute Gasteiger partial charge is 0.309 e. The fourth-order valence-corrected chi connectivity index (χ4v) is 10.7. The first-order chi connectivity index (χ1) is 32.0. The molecule has 1 aliphatic carbocycles. The van der Waals surface area contributed by atoms with Crippen molar-refractivity contribution in [2.24, 2.45) is 0 Å². The van der Waals surface area contributed by atoms with E-state index in [4.69, 9.17) is 9.97 Å². The van der Waals surface area contributed by atoms with Gasteiger partial charge in [-0.05, 0) is 81.4 Å². The van der Waals surface area contributed by atoms with Gasteiger partial charge in [-0.15, -0.1) is 0 Å². The Morgan fingerprint density at radius 2 is 0.938 bits per heavy atom. The van der Waals surface area contributed by atoms with Crippen LogP contribution in [0.2, 0.25) is 0 Å². The highest BCUT2D eigenvalue weighted by molar-refractivity contribution is 6.15. The normalized spacial score (nSPS) is 12.7. The van der Waals surface area contributed by atoms with Gasteiger partial charge in [0.15, 0.2) is 0 Å². The van der Waals surface area contributed by atoms with Gasteiger partial charge in [-0.2, -0.15) is 0 Å². The Bertz CT molecular complexity index is 3780. The number of rotatable bonds is 5. The van der Waals surface area contributed by atoms with E-state index in [2.05, 4.69) is 229 Å². The topological polar surface area (TPSA) is 35.6 Å². The van der Waals surface area contributed by atoms with Crippen molar-refractivity contribution in [3.63, 3.8) is 0 Å². The van der Waals surface area contributed by atoms with Gasteiger partial charge in [0, 0.05) is 49.2 Å². The summed E-state index contributed by atoms with van der Waals surface area (Å²) in [6, 6.07) is 74.7. The molecule has 0 amide bonds. The highest BCUT2D eigenvalue weighted by Gasteiger charge is 2.36. The molecule has 0 atom stereocenters. The van der Waals surface area contributed by atoms with Crippen LogP contribution in [0.4, 0.5) is 0 Å². The molecule has 0 saturated heterocycles. The molecule has 0 bridgehead atoms. The first-order valence-corrected chi connectivity index (χ1v) is 22.8. The molecule has 4 nitrogen and oxygen atoms in total. The van der Waals surface area contributed by atoms with E-state index in [1.807, 2.05) is 13.8 Å². The molecule has 0 saturated carbocycles. The highest BCUT2D eigenvalue weighted by atomic mass is 15.2. The summed E-state index contributed by atoms with van der Waals surface area (Å²) >= 11 is 0. The van der Waals surface area contributed by atoms with Gasteiger partial charge in [0.1, 0.15) is 0 Å². The summed E-state index contributed by atoms with van der Waals surface area (Å²) in [5.74, 6) is 0.639. The Morgan fingerprint density at radius 3 is 1.72 bits per heavy atom. The zero-order valence-corrected chi connectivity index (χ0v) is 36.9. The van der Waals surface area contributed by atoms with Crippen molar-refractivity contribution >= 4 is 54.5 Å². The number of fused-ring (bicyclic) bond motifs is 10. The Labute approximate surface area is 378 Å². The van der Waals surface area contributed by atoms with Crippen LogP contribution in [-0.4, -0.2) is 19.1 Å². The molecule has 3 aromatic heterocycles. The number of para-hydroxylation sites is 4. The maximum atomic E-state index is 5.49. The first kappa shape index (κ1) is 38.6. The van der Waals surface area contributed by atoms with Crippen molar-refractivity contribution in [3.05, 3.63) is 217 Å². The summed E-state index contributed by atoms with van der Waals surface area (Å²) in [5, 5.41) is 5.79. The van der Waals surface area contributed by atoms with E-state index in [1.165, 1.54) is 55.2 Å². The van der Waals surface area contributed by atoms with Crippen LogP contribution in [0.1, 0.15) is 38.8 Å². The van der Waals surface area contributed by atoms with Crippen LogP contribution in [0.5, 0.6) is 0 Å². The molecular weight excluding hydrogens is 789 g/mol. The molecule has 13 rings (SSSR count). The van der Waals surface area contributed by atoms with Crippen LogP contribution >= 0.6 is 0 Å². The van der Waals surface area contributed by atoms with Gasteiger partial charge >= 0.3 is 0 Å². The van der Waals surface area contributed by atoms with E-state index < -0.39 is 0 Å². The van der Waals surface area contributed by atoms with Gasteiger partial charge < -0.3 is 4.57 Å². The van der Waals surface area contributed by atoms with Crippen molar-refractivity contribution in [1.29, 1.82) is 0 Å². The third kappa shape index (κ3) is 5.84. The van der Waals surface area contributed by atoms with Gasteiger partial charge in [-0.3, -0.25) is 4.57 Å². The summed E-state index contributed by atoms with van der Waals surface area (Å²) < 4.78 is 4.71. The van der Waals surface area contributed by atoms with Crippen molar-refractivity contribution in [3.8, 4) is 56.3 Å². The van der Waals surface area contributed by atoms with Crippen molar-refractivity contribution < 1.29 is 0 Å². The Balaban J connectivity index is 0.00000219.